The van der Waals surface area contributed by atoms with Gasteiger partial charge in [0, 0.05) is 24.0 Å². The third-order valence-electron chi connectivity index (χ3n) is 3.28. The van der Waals surface area contributed by atoms with E-state index in [2.05, 4.69) is 10.3 Å². The van der Waals surface area contributed by atoms with E-state index in [1.165, 1.54) is 18.2 Å². The van der Waals surface area contributed by atoms with Crippen LogP contribution in [0.3, 0.4) is 0 Å². The van der Waals surface area contributed by atoms with Gasteiger partial charge in [0.25, 0.3) is 0 Å². The van der Waals surface area contributed by atoms with Gasteiger partial charge in [-0.3, -0.25) is 4.79 Å². The van der Waals surface area contributed by atoms with Crippen molar-refractivity contribution in [3.8, 4) is 0 Å². The molecule has 0 radical (unpaired) electrons. The highest BCUT2D eigenvalue weighted by atomic mass is 19.1. The fourth-order valence-electron chi connectivity index (χ4n) is 2.09. The largest absolute Gasteiger partial charge is 0.396 e. The van der Waals surface area contributed by atoms with Crippen molar-refractivity contribution in [3.05, 3.63) is 42.2 Å². The zero-order valence-electron chi connectivity index (χ0n) is 12.3. The molecule has 112 valence electrons. The van der Waals surface area contributed by atoms with Crippen molar-refractivity contribution < 1.29 is 9.18 Å². The number of carbonyl (C=O) groups is 1. The minimum absolute atomic E-state index is 0.00551. The molecule has 0 bridgehead atoms. The number of nitrogen functional groups attached to an aromatic ring is 1. The van der Waals surface area contributed by atoms with E-state index in [-0.39, 0.29) is 17.5 Å². The van der Waals surface area contributed by atoms with E-state index in [1.54, 1.807) is 19.3 Å². The molecule has 1 aromatic heterocycles. The smallest absolute Gasteiger partial charge is 0.247 e. The topological polar surface area (TPSA) is 72.9 Å². The predicted octanol–water partition coefficient (Wildman–Crippen LogP) is 2.93. The first-order valence-corrected chi connectivity index (χ1v) is 6.78. The molecular formula is C15H19FN4O. The number of nitrogens with two attached hydrogens (primary N) is 1. The van der Waals surface area contributed by atoms with E-state index in [0.717, 1.165) is 5.82 Å². The first kappa shape index (κ1) is 15.0. The summed E-state index contributed by atoms with van der Waals surface area (Å²) in [6.07, 6.45) is 3.45. The van der Waals surface area contributed by atoms with Gasteiger partial charge < -0.3 is 15.6 Å². The van der Waals surface area contributed by atoms with Crippen LogP contribution in [0.1, 0.15) is 38.6 Å². The molecular weight excluding hydrogens is 271 g/mol. The summed E-state index contributed by atoms with van der Waals surface area (Å²) in [5.41, 5.74) is 5.96. The average Bonchev–Trinajstić information content (AvgIpc) is 2.91. The summed E-state index contributed by atoms with van der Waals surface area (Å²) >= 11 is 0. The Bertz CT molecular complexity index is 651. The van der Waals surface area contributed by atoms with Gasteiger partial charge in [0.05, 0.1) is 5.69 Å². The van der Waals surface area contributed by atoms with Gasteiger partial charge in [-0.15, -0.1) is 0 Å². The van der Waals surface area contributed by atoms with Gasteiger partial charge in [0.1, 0.15) is 17.7 Å². The lowest BCUT2D eigenvalue weighted by Gasteiger charge is -2.18. The van der Waals surface area contributed by atoms with Gasteiger partial charge >= 0.3 is 0 Å². The lowest BCUT2D eigenvalue weighted by atomic mass is 10.2. The van der Waals surface area contributed by atoms with Crippen LogP contribution in [0.2, 0.25) is 0 Å². The number of halogens is 1. The normalized spacial score (nSPS) is 12.4. The molecule has 2 aromatic rings. The number of anilines is 2. The second kappa shape index (κ2) is 5.95. The monoisotopic (exact) mass is 290 g/mol. The zero-order chi connectivity index (χ0) is 15.6. The number of amides is 1. The van der Waals surface area contributed by atoms with Crippen LogP contribution in [-0.2, 0) is 4.79 Å². The molecule has 3 N–H and O–H groups in total. The predicted molar refractivity (Wildman–Crippen MR) is 80.5 cm³/mol. The number of nitrogens with zero attached hydrogens (tertiary/aromatic N) is 2. The maximum absolute atomic E-state index is 13.1. The fraction of sp³-hybridized carbons (Fsp3) is 0.333. The third-order valence-corrected chi connectivity index (χ3v) is 3.28. The van der Waals surface area contributed by atoms with Gasteiger partial charge in [-0.2, -0.15) is 0 Å². The molecule has 1 aromatic carbocycles. The Labute approximate surface area is 123 Å². The molecule has 0 aliphatic heterocycles. The van der Waals surface area contributed by atoms with Crippen LogP contribution in [0.4, 0.5) is 15.8 Å². The van der Waals surface area contributed by atoms with Crippen molar-refractivity contribution in [2.75, 3.05) is 11.1 Å². The molecule has 0 saturated carbocycles. The van der Waals surface area contributed by atoms with Crippen LogP contribution >= 0.6 is 0 Å². The van der Waals surface area contributed by atoms with E-state index in [1.807, 2.05) is 18.4 Å². The minimum Gasteiger partial charge on any atom is -0.396 e. The molecule has 2 rings (SSSR count). The number of aromatic nitrogens is 2. The molecule has 5 nitrogen and oxygen atoms in total. The highest BCUT2D eigenvalue weighted by molar-refractivity contribution is 5.93. The molecule has 1 atom stereocenters. The van der Waals surface area contributed by atoms with Crippen molar-refractivity contribution in [3.63, 3.8) is 0 Å². The number of hydrogen-bond donors (Lipinski definition) is 2. The van der Waals surface area contributed by atoms with E-state index < -0.39 is 11.9 Å². The Hall–Kier alpha value is -2.37. The second-order valence-electron chi connectivity index (χ2n) is 5.25. The molecule has 0 aliphatic rings. The highest BCUT2D eigenvalue weighted by Crippen LogP contribution is 2.20. The standard InChI is InChI=1S/C15H19FN4O/c1-9(2)14-18-6-7-20(14)10(3)15(21)19-11-4-5-12(16)13(17)8-11/h4-10H,17H2,1-3H3,(H,19,21). The van der Waals surface area contributed by atoms with Crippen molar-refractivity contribution in [2.24, 2.45) is 0 Å². The lowest BCUT2D eigenvalue weighted by molar-refractivity contribution is -0.118. The number of hydrogen-bond acceptors (Lipinski definition) is 3. The van der Waals surface area contributed by atoms with Gasteiger partial charge in [0.2, 0.25) is 5.91 Å². The summed E-state index contributed by atoms with van der Waals surface area (Å²) in [7, 11) is 0. The second-order valence-corrected chi connectivity index (χ2v) is 5.25. The number of carbonyl (C=O) groups excluding carboxylic acids is 1. The lowest BCUT2D eigenvalue weighted by Crippen LogP contribution is -2.25. The zero-order valence-corrected chi connectivity index (χ0v) is 12.3. The Morgan fingerprint density at radius 2 is 2.10 bits per heavy atom. The van der Waals surface area contributed by atoms with E-state index >= 15 is 0 Å². The maximum atomic E-state index is 13.1. The molecule has 1 heterocycles. The summed E-state index contributed by atoms with van der Waals surface area (Å²) in [6, 6.07) is 3.69. The molecule has 0 fully saturated rings. The minimum atomic E-state index is -0.502. The summed E-state index contributed by atoms with van der Waals surface area (Å²) in [5.74, 6) is 0.353. The summed E-state index contributed by atoms with van der Waals surface area (Å²) in [4.78, 5) is 16.6. The molecule has 0 aliphatic carbocycles. The quantitative estimate of drug-likeness (QED) is 0.850. The summed E-state index contributed by atoms with van der Waals surface area (Å²) in [6.45, 7) is 5.82. The van der Waals surface area contributed by atoms with Gasteiger partial charge in [-0.1, -0.05) is 13.8 Å². The van der Waals surface area contributed by atoms with Crippen molar-refractivity contribution in [2.45, 2.75) is 32.7 Å². The Morgan fingerprint density at radius 3 is 2.71 bits per heavy atom. The summed E-state index contributed by atoms with van der Waals surface area (Å²) < 4.78 is 14.9. The van der Waals surface area contributed by atoms with Crippen molar-refractivity contribution >= 4 is 17.3 Å². The van der Waals surface area contributed by atoms with Crippen LogP contribution in [0.15, 0.2) is 30.6 Å². The van der Waals surface area contributed by atoms with Crippen LogP contribution in [0.25, 0.3) is 0 Å². The van der Waals surface area contributed by atoms with Crippen LogP contribution in [-0.4, -0.2) is 15.5 Å². The van der Waals surface area contributed by atoms with Gasteiger partial charge in [-0.25, -0.2) is 9.37 Å². The van der Waals surface area contributed by atoms with Crippen LogP contribution in [0.5, 0.6) is 0 Å². The number of nitrogens with one attached hydrogen (secondary N) is 1. The van der Waals surface area contributed by atoms with Crippen LogP contribution in [0, 0.1) is 5.82 Å². The number of imidazole rings is 1. The van der Waals surface area contributed by atoms with E-state index in [4.69, 9.17) is 5.73 Å². The average molecular weight is 290 g/mol. The SMILES string of the molecule is CC(C)c1nccn1C(C)C(=O)Nc1ccc(F)c(N)c1. The molecule has 6 heteroatoms. The Kier molecular flexibility index (Phi) is 4.26. The van der Waals surface area contributed by atoms with Crippen molar-refractivity contribution in [1.29, 1.82) is 0 Å². The molecule has 0 saturated heterocycles. The number of benzene rings is 1. The third kappa shape index (κ3) is 3.21. The summed E-state index contributed by atoms with van der Waals surface area (Å²) in [5, 5.41) is 2.73. The maximum Gasteiger partial charge on any atom is 0.247 e. The van der Waals surface area contributed by atoms with Gasteiger partial charge in [0.15, 0.2) is 0 Å². The van der Waals surface area contributed by atoms with Crippen molar-refractivity contribution in [1.82, 2.24) is 9.55 Å². The fourth-order valence-corrected chi connectivity index (χ4v) is 2.09. The highest BCUT2D eigenvalue weighted by Gasteiger charge is 2.19. The number of rotatable bonds is 4. The first-order chi connectivity index (χ1) is 9.90. The molecule has 1 unspecified atom stereocenters. The van der Waals surface area contributed by atoms with E-state index in [9.17, 15) is 9.18 Å². The van der Waals surface area contributed by atoms with Crippen LogP contribution < -0.4 is 11.1 Å². The Balaban J connectivity index is 2.15. The molecule has 0 spiro atoms. The van der Waals surface area contributed by atoms with E-state index in [0.29, 0.717) is 5.69 Å². The Morgan fingerprint density at radius 1 is 1.38 bits per heavy atom. The molecule has 21 heavy (non-hydrogen) atoms. The molecule has 1 amide bonds. The first-order valence-electron chi connectivity index (χ1n) is 6.78. The van der Waals surface area contributed by atoms with Gasteiger partial charge in [-0.05, 0) is 25.1 Å².